The van der Waals surface area contributed by atoms with Crippen molar-refractivity contribution in [1.29, 1.82) is 0 Å². The van der Waals surface area contributed by atoms with Gasteiger partial charge in [0.05, 0.1) is 0 Å². The summed E-state index contributed by atoms with van der Waals surface area (Å²) in [7, 11) is 4.24. The molecule has 0 aromatic heterocycles. The third-order valence-electron chi connectivity index (χ3n) is 3.01. The smallest absolute Gasteiger partial charge is 0.0219 e. The van der Waals surface area contributed by atoms with Crippen LogP contribution in [0.3, 0.4) is 0 Å². The minimum atomic E-state index is 0.304. The van der Waals surface area contributed by atoms with Crippen LogP contribution < -0.4 is 5.73 Å². The number of rotatable bonds is 8. The van der Waals surface area contributed by atoms with Crippen LogP contribution in [0.25, 0.3) is 0 Å². The van der Waals surface area contributed by atoms with Gasteiger partial charge in [-0.15, -0.1) is 0 Å². The molecule has 0 bridgehead atoms. The Bertz CT molecular complexity index is 148. The summed E-state index contributed by atoms with van der Waals surface area (Å²) in [6.45, 7) is 10.0. The van der Waals surface area contributed by atoms with E-state index in [2.05, 4.69) is 44.7 Å². The van der Waals surface area contributed by atoms with Gasteiger partial charge in [-0.25, -0.2) is 0 Å². The fourth-order valence-corrected chi connectivity index (χ4v) is 1.75. The van der Waals surface area contributed by atoms with Crippen molar-refractivity contribution in [3.05, 3.63) is 0 Å². The van der Waals surface area contributed by atoms with Gasteiger partial charge in [-0.05, 0) is 40.4 Å². The Labute approximate surface area is 95.6 Å². The van der Waals surface area contributed by atoms with E-state index in [1.54, 1.807) is 0 Å². The van der Waals surface area contributed by atoms with E-state index < -0.39 is 0 Å². The van der Waals surface area contributed by atoms with Gasteiger partial charge in [-0.3, -0.25) is 4.90 Å². The molecular weight excluding hydrogens is 186 g/mol. The number of nitrogens with two attached hydrogens (primary N) is 1. The number of hydrogen-bond acceptors (Lipinski definition) is 3. The lowest BCUT2D eigenvalue weighted by molar-refractivity contribution is 0.166. The highest BCUT2D eigenvalue weighted by Gasteiger charge is 2.18. The summed E-state index contributed by atoms with van der Waals surface area (Å²) in [5.41, 5.74) is 6.10. The largest absolute Gasteiger partial charge is 0.326 e. The topological polar surface area (TPSA) is 32.5 Å². The predicted octanol–water partition coefficient (Wildman–Crippen LogP) is 1.39. The van der Waals surface area contributed by atoms with Gasteiger partial charge in [0, 0.05) is 25.2 Å². The quantitative estimate of drug-likeness (QED) is 0.664. The summed E-state index contributed by atoms with van der Waals surface area (Å²) in [5, 5.41) is 0. The van der Waals surface area contributed by atoms with Gasteiger partial charge in [-0.2, -0.15) is 0 Å². The zero-order chi connectivity index (χ0) is 11.8. The van der Waals surface area contributed by atoms with Crippen LogP contribution in [-0.4, -0.2) is 55.6 Å². The summed E-state index contributed by atoms with van der Waals surface area (Å²) in [4.78, 5) is 4.74. The lowest BCUT2D eigenvalue weighted by Gasteiger charge is -2.33. The van der Waals surface area contributed by atoms with E-state index >= 15 is 0 Å². The zero-order valence-corrected chi connectivity index (χ0v) is 11.2. The Hall–Kier alpha value is -0.120. The van der Waals surface area contributed by atoms with Crippen molar-refractivity contribution in [2.75, 3.05) is 33.7 Å². The minimum Gasteiger partial charge on any atom is -0.326 e. The lowest BCUT2D eigenvalue weighted by Crippen LogP contribution is -2.48. The van der Waals surface area contributed by atoms with Gasteiger partial charge in [0.25, 0.3) is 0 Å². The van der Waals surface area contributed by atoms with Crippen LogP contribution in [0.5, 0.6) is 0 Å². The Kier molecular flexibility index (Phi) is 8.02. The molecular formula is C12H29N3. The molecule has 0 amide bonds. The molecule has 2 unspecified atom stereocenters. The first-order valence-electron chi connectivity index (χ1n) is 6.17. The normalized spacial score (nSPS) is 16.0. The second-order valence-corrected chi connectivity index (χ2v) is 4.65. The number of nitrogens with zero attached hydrogens (tertiary/aromatic N) is 2. The molecule has 3 heteroatoms. The van der Waals surface area contributed by atoms with Crippen molar-refractivity contribution in [2.24, 2.45) is 5.73 Å². The minimum absolute atomic E-state index is 0.304. The van der Waals surface area contributed by atoms with Crippen molar-refractivity contribution >= 4 is 0 Å². The molecule has 0 aliphatic carbocycles. The van der Waals surface area contributed by atoms with Gasteiger partial charge in [0.15, 0.2) is 0 Å². The van der Waals surface area contributed by atoms with Gasteiger partial charge in [0.1, 0.15) is 0 Å². The van der Waals surface area contributed by atoms with Gasteiger partial charge in [-0.1, -0.05) is 13.8 Å². The summed E-state index contributed by atoms with van der Waals surface area (Å²) in [5.74, 6) is 0. The third-order valence-corrected chi connectivity index (χ3v) is 3.01. The standard InChI is InChI=1S/C12H29N3/c1-6-8-15(10-9-14(4)5)11(3)12(13)7-2/h11-12H,6-10,13H2,1-5H3. The summed E-state index contributed by atoms with van der Waals surface area (Å²) >= 11 is 0. The van der Waals surface area contributed by atoms with Gasteiger partial charge in [0.2, 0.25) is 0 Å². The lowest BCUT2D eigenvalue weighted by atomic mass is 10.1. The summed E-state index contributed by atoms with van der Waals surface area (Å²) < 4.78 is 0. The molecule has 2 atom stereocenters. The molecule has 0 radical (unpaired) electrons. The maximum atomic E-state index is 6.10. The molecule has 0 heterocycles. The SMILES string of the molecule is CCCN(CCN(C)C)C(C)C(N)CC. The second kappa shape index (κ2) is 8.08. The Morgan fingerprint density at radius 3 is 2.07 bits per heavy atom. The van der Waals surface area contributed by atoms with Crippen molar-refractivity contribution in [2.45, 2.75) is 45.7 Å². The maximum absolute atomic E-state index is 6.10. The van der Waals surface area contributed by atoms with Crippen LogP contribution in [0.4, 0.5) is 0 Å². The van der Waals surface area contributed by atoms with E-state index in [0.29, 0.717) is 12.1 Å². The van der Waals surface area contributed by atoms with Crippen LogP contribution in [0.1, 0.15) is 33.6 Å². The third kappa shape index (κ3) is 6.13. The van der Waals surface area contributed by atoms with E-state index in [0.717, 1.165) is 26.1 Å². The number of hydrogen-bond donors (Lipinski definition) is 1. The van der Waals surface area contributed by atoms with E-state index in [4.69, 9.17) is 5.73 Å². The molecule has 0 aliphatic rings. The highest BCUT2D eigenvalue weighted by atomic mass is 15.2. The Morgan fingerprint density at radius 1 is 1.07 bits per heavy atom. The molecule has 0 aliphatic heterocycles. The average molecular weight is 215 g/mol. The molecule has 0 aromatic carbocycles. The Morgan fingerprint density at radius 2 is 1.67 bits per heavy atom. The van der Waals surface area contributed by atoms with Crippen LogP contribution in [0.2, 0.25) is 0 Å². The first-order valence-corrected chi connectivity index (χ1v) is 6.17. The van der Waals surface area contributed by atoms with Crippen LogP contribution in [-0.2, 0) is 0 Å². The molecule has 0 aromatic rings. The highest BCUT2D eigenvalue weighted by molar-refractivity contribution is 4.77. The first kappa shape index (κ1) is 14.9. The van der Waals surface area contributed by atoms with Crippen LogP contribution in [0, 0.1) is 0 Å². The molecule has 0 fully saturated rings. The van der Waals surface area contributed by atoms with Gasteiger partial charge < -0.3 is 10.6 Å². The highest BCUT2D eigenvalue weighted by Crippen LogP contribution is 2.06. The summed E-state index contributed by atoms with van der Waals surface area (Å²) in [6, 6.07) is 0.800. The van der Waals surface area contributed by atoms with Crippen molar-refractivity contribution in [3.63, 3.8) is 0 Å². The predicted molar refractivity (Wildman–Crippen MR) is 68.1 cm³/mol. The van der Waals surface area contributed by atoms with Crippen LogP contribution >= 0.6 is 0 Å². The molecule has 92 valence electrons. The molecule has 0 spiro atoms. The number of likely N-dealkylation sites (N-methyl/N-ethyl adjacent to an activating group) is 1. The van der Waals surface area contributed by atoms with Crippen molar-refractivity contribution < 1.29 is 0 Å². The van der Waals surface area contributed by atoms with E-state index in [1.165, 1.54) is 6.42 Å². The monoisotopic (exact) mass is 215 g/mol. The fourth-order valence-electron chi connectivity index (χ4n) is 1.75. The Balaban J connectivity index is 4.11. The maximum Gasteiger partial charge on any atom is 0.0219 e. The molecule has 0 saturated heterocycles. The van der Waals surface area contributed by atoms with Crippen molar-refractivity contribution in [3.8, 4) is 0 Å². The van der Waals surface area contributed by atoms with E-state index in [-0.39, 0.29) is 0 Å². The molecule has 3 nitrogen and oxygen atoms in total. The molecule has 15 heavy (non-hydrogen) atoms. The molecule has 2 N–H and O–H groups in total. The van der Waals surface area contributed by atoms with Gasteiger partial charge >= 0.3 is 0 Å². The van der Waals surface area contributed by atoms with E-state index in [1.807, 2.05) is 0 Å². The first-order chi connectivity index (χ1) is 7.02. The molecule has 0 saturated carbocycles. The van der Waals surface area contributed by atoms with E-state index in [9.17, 15) is 0 Å². The van der Waals surface area contributed by atoms with Crippen molar-refractivity contribution in [1.82, 2.24) is 9.80 Å². The average Bonchev–Trinajstić information content (AvgIpc) is 2.21. The summed E-state index contributed by atoms with van der Waals surface area (Å²) in [6.07, 6.45) is 2.26. The second-order valence-electron chi connectivity index (χ2n) is 4.65. The molecule has 0 rings (SSSR count). The van der Waals surface area contributed by atoms with Crippen LogP contribution in [0.15, 0.2) is 0 Å². The fraction of sp³-hybridized carbons (Fsp3) is 1.00. The zero-order valence-electron chi connectivity index (χ0n) is 11.2.